The SMILES string of the molecule is Cc1c(NC2CSc3ccccc32)cccc1[N+](=O)[O-]. The summed E-state index contributed by atoms with van der Waals surface area (Å²) in [5.74, 6) is 0.946. The Balaban J connectivity index is 1.90. The number of benzene rings is 2. The van der Waals surface area contributed by atoms with Gasteiger partial charge in [0, 0.05) is 28.0 Å². The van der Waals surface area contributed by atoms with Crippen molar-refractivity contribution in [1.82, 2.24) is 0 Å². The Hall–Kier alpha value is -2.01. The van der Waals surface area contributed by atoms with Crippen molar-refractivity contribution < 1.29 is 4.92 Å². The fourth-order valence-electron chi connectivity index (χ4n) is 2.45. The van der Waals surface area contributed by atoms with E-state index in [1.165, 1.54) is 16.5 Å². The van der Waals surface area contributed by atoms with E-state index in [1.807, 2.05) is 30.0 Å². The standard InChI is InChI=1S/C15H14N2O2S/c1-10-12(6-4-7-14(10)17(18)19)16-13-9-20-15-8-3-2-5-11(13)15/h2-8,13,16H,9H2,1H3. The van der Waals surface area contributed by atoms with Crippen molar-refractivity contribution in [1.29, 1.82) is 0 Å². The molecule has 1 heterocycles. The second kappa shape index (κ2) is 5.17. The van der Waals surface area contributed by atoms with E-state index in [-0.39, 0.29) is 16.7 Å². The molecule has 0 aliphatic carbocycles. The van der Waals surface area contributed by atoms with Gasteiger partial charge < -0.3 is 5.32 Å². The number of nitrogens with zero attached hydrogens (tertiary/aromatic N) is 1. The lowest BCUT2D eigenvalue weighted by molar-refractivity contribution is -0.385. The molecule has 0 fully saturated rings. The maximum atomic E-state index is 11.0. The van der Waals surface area contributed by atoms with Gasteiger partial charge in [-0.25, -0.2) is 0 Å². The van der Waals surface area contributed by atoms with Crippen molar-refractivity contribution in [3.8, 4) is 0 Å². The van der Waals surface area contributed by atoms with Crippen LogP contribution in [0, 0.1) is 17.0 Å². The van der Waals surface area contributed by atoms with Crippen molar-refractivity contribution in [3.63, 3.8) is 0 Å². The van der Waals surface area contributed by atoms with Crippen LogP contribution in [0.3, 0.4) is 0 Å². The summed E-state index contributed by atoms with van der Waals surface area (Å²) >= 11 is 1.82. The first-order valence-corrected chi connectivity index (χ1v) is 7.37. The number of rotatable bonds is 3. The minimum atomic E-state index is -0.335. The smallest absolute Gasteiger partial charge is 0.274 e. The molecule has 102 valence electrons. The van der Waals surface area contributed by atoms with Crippen LogP contribution in [-0.2, 0) is 0 Å². The highest BCUT2D eigenvalue weighted by molar-refractivity contribution is 7.99. The van der Waals surface area contributed by atoms with E-state index < -0.39 is 0 Å². The first-order chi connectivity index (χ1) is 9.66. The molecule has 0 aromatic heterocycles. The number of nitro groups is 1. The van der Waals surface area contributed by atoms with Crippen LogP contribution in [0.5, 0.6) is 0 Å². The van der Waals surface area contributed by atoms with Crippen LogP contribution in [0.4, 0.5) is 11.4 Å². The van der Waals surface area contributed by atoms with E-state index in [0.29, 0.717) is 5.56 Å². The van der Waals surface area contributed by atoms with E-state index in [2.05, 4.69) is 17.4 Å². The predicted molar refractivity (Wildman–Crippen MR) is 81.4 cm³/mol. The molecule has 20 heavy (non-hydrogen) atoms. The molecule has 5 heteroatoms. The molecule has 1 N–H and O–H groups in total. The molecule has 3 rings (SSSR count). The van der Waals surface area contributed by atoms with E-state index >= 15 is 0 Å². The van der Waals surface area contributed by atoms with Gasteiger partial charge in [-0.1, -0.05) is 24.3 Å². The lowest BCUT2D eigenvalue weighted by Crippen LogP contribution is -2.11. The van der Waals surface area contributed by atoms with Crippen LogP contribution in [0.2, 0.25) is 0 Å². The Labute approximate surface area is 121 Å². The molecule has 2 aromatic rings. The normalized spacial score (nSPS) is 16.8. The molecule has 0 bridgehead atoms. The lowest BCUT2D eigenvalue weighted by Gasteiger charge is -2.16. The molecule has 1 aliphatic rings. The van der Waals surface area contributed by atoms with Crippen molar-refractivity contribution >= 4 is 23.1 Å². The van der Waals surface area contributed by atoms with E-state index in [0.717, 1.165) is 11.4 Å². The second-order valence-electron chi connectivity index (χ2n) is 4.75. The summed E-state index contributed by atoms with van der Waals surface area (Å²) in [5.41, 5.74) is 2.95. The van der Waals surface area contributed by atoms with Gasteiger partial charge in [0.25, 0.3) is 5.69 Å². The molecule has 0 amide bonds. The molecule has 0 saturated carbocycles. The van der Waals surface area contributed by atoms with Gasteiger partial charge in [-0.05, 0) is 24.6 Å². The van der Waals surface area contributed by atoms with Gasteiger partial charge in [-0.15, -0.1) is 11.8 Å². The predicted octanol–water partition coefficient (Wildman–Crippen LogP) is 4.16. The largest absolute Gasteiger partial charge is 0.377 e. The number of fused-ring (bicyclic) bond motifs is 1. The van der Waals surface area contributed by atoms with Gasteiger partial charge in [-0.3, -0.25) is 10.1 Å². The molecule has 1 atom stereocenters. The lowest BCUT2D eigenvalue weighted by atomic mass is 10.1. The first kappa shape index (κ1) is 13.0. The average molecular weight is 286 g/mol. The minimum absolute atomic E-state index is 0.161. The maximum absolute atomic E-state index is 11.0. The second-order valence-corrected chi connectivity index (χ2v) is 5.81. The number of nitrogens with one attached hydrogen (secondary N) is 1. The highest BCUT2D eigenvalue weighted by atomic mass is 32.2. The summed E-state index contributed by atoms with van der Waals surface area (Å²) in [6, 6.07) is 13.7. The van der Waals surface area contributed by atoms with Crippen LogP contribution >= 0.6 is 11.8 Å². The van der Waals surface area contributed by atoms with Gasteiger partial charge in [0.1, 0.15) is 0 Å². The zero-order valence-electron chi connectivity index (χ0n) is 11.0. The van der Waals surface area contributed by atoms with Gasteiger partial charge in [0.2, 0.25) is 0 Å². The minimum Gasteiger partial charge on any atom is -0.377 e. The fraction of sp³-hybridized carbons (Fsp3) is 0.200. The van der Waals surface area contributed by atoms with Gasteiger partial charge >= 0.3 is 0 Å². The molecule has 0 radical (unpaired) electrons. The fourth-order valence-corrected chi connectivity index (χ4v) is 3.61. The van der Waals surface area contributed by atoms with E-state index in [1.54, 1.807) is 13.0 Å². The Morgan fingerprint density at radius 3 is 2.85 bits per heavy atom. The van der Waals surface area contributed by atoms with Crippen LogP contribution < -0.4 is 5.32 Å². The summed E-state index contributed by atoms with van der Waals surface area (Å²) in [4.78, 5) is 11.9. The molecule has 0 saturated heterocycles. The number of hydrogen-bond donors (Lipinski definition) is 1. The zero-order valence-corrected chi connectivity index (χ0v) is 11.8. The molecule has 4 nitrogen and oxygen atoms in total. The number of nitro benzene ring substituents is 1. The Kier molecular flexibility index (Phi) is 3.36. The van der Waals surface area contributed by atoms with Crippen molar-refractivity contribution in [2.75, 3.05) is 11.1 Å². The van der Waals surface area contributed by atoms with Crippen LogP contribution in [-0.4, -0.2) is 10.7 Å². The Morgan fingerprint density at radius 2 is 2.05 bits per heavy atom. The zero-order chi connectivity index (χ0) is 14.1. The van der Waals surface area contributed by atoms with Crippen LogP contribution in [0.15, 0.2) is 47.4 Å². The highest BCUT2D eigenvalue weighted by Gasteiger charge is 2.24. The third-order valence-corrected chi connectivity index (χ3v) is 4.71. The van der Waals surface area contributed by atoms with E-state index in [9.17, 15) is 10.1 Å². The highest BCUT2D eigenvalue weighted by Crippen LogP contribution is 2.40. The summed E-state index contributed by atoms with van der Waals surface area (Å²) in [6.07, 6.45) is 0. The first-order valence-electron chi connectivity index (χ1n) is 6.39. The van der Waals surface area contributed by atoms with Crippen LogP contribution in [0.1, 0.15) is 17.2 Å². The van der Waals surface area contributed by atoms with Crippen molar-refractivity contribution in [2.24, 2.45) is 0 Å². The summed E-state index contributed by atoms with van der Waals surface area (Å²) in [5, 5.41) is 14.4. The van der Waals surface area contributed by atoms with Crippen molar-refractivity contribution in [3.05, 3.63) is 63.7 Å². The topological polar surface area (TPSA) is 55.2 Å². The number of thioether (sulfide) groups is 1. The summed E-state index contributed by atoms with van der Waals surface area (Å²) in [7, 11) is 0. The molecule has 2 aromatic carbocycles. The summed E-state index contributed by atoms with van der Waals surface area (Å²) < 4.78 is 0. The quantitative estimate of drug-likeness (QED) is 0.680. The Morgan fingerprint density at radius 1 is 1.25 bits per heavy atom. The molecule has 1 aliphatic heterocycles. The van der Waals surface area contributed by atoms with Crippen LogP contribution in [0.25, 0.3) is 0 Å². The maximum Gasteiger partial charge on any atom is 0.274 e. The van der Waals surface area contributed by atoms with Crippen molar-refractivity contribution in [2.45, 2.75) is 17.9 Å². The monoisotopic (exact) mass is 286 g/mol. The molecular formula is C15H14N2O2S. The van der Waals surface area contributed by atoms with Gasteiger partial charge in [0.15, 0.2) is 0 Å². The molecular weight excluding hydrogens is 272 g/mol. The third kappa shape index (κ3) is 2.25. The van der Waals surface area contributed by atoms with Gasteiger partial charge in [0.05, 0.1) is 11.0 Å². The number of hydrogen-bond acceptors (Lipinski definition) is 4. The molecule has 0 spiro atoms. The third-order valence-electron chi connectivity index (χ3n) is 3.53. The Bertz CT molecular complexity index is 673. The molecule has 1 unspecified atom stereocenters. The summed E-state index contributed by atoms with van der Waals surface area (Å²) in [6.45, 7) is 1.79. The van der Waals surface area contributed by atoms with E-state index in [4.69, 9.17) is 0 Å². The average Bonchev–Trinajstić information content (AvgIpc) is 2.84. The number of anilines is 1. The van der Waals surface area contributed by atoms with Gasteiger partial charge in [-0.2, -0.15) is 0 Å².